The minimum Gasteiger partial charge on any atom is -0.481 e. The van der Waals surface area contributed by atoms with E-state index in [0.29, 0.717) is 36.4 Å². The molecule has 1 aliphatic rings. The van der Waals surface area contributed by atoms with Crippen molar-refractivity contribution >= 4 is 33.3 Å². The van der Waals surface area contributed by atoms with Gasteiger partial charge in [-0.15, -0.1) is 0 Å². The van der Waals surface area contributed by atoms with E-state index in [1.807, 2.05) is 0 Å². The minimum absolute atomic E-state index is 0.000729. The molecule has 8 nitrogen and oxygen atoms in total. The van der Waals surface area contributed by atoms with Crippen LogP contribution in [-0.2, 0) is 14.8 Å². The largest absolute Gasteiger partial charge is 0.481 e. The van der Waals surface area contributed by atoms with Crippen LogP contribution in [0.5, 0.6) is 0 Å². The molecular formula is C24H22F2N4O4S. The third kappa shape index (κ3) is 6.12. The van der Waals surface area contributed by atoms with Gasteiger partial charge < -0.3 is 15.7 Å². The zero-order valence-corrected chi connectivity index (χ0v) is 19.1. The number of sulfonamides is 1. The third-order valence-electron chi connectivity index (χ3n) is 5.29. The van der Waals surface area contributed by atoms with Crippen LogP contribution in [-0.4, -0.2) is 38.5 Å². The summed E-state index contributed by atoms with van der Waals surface area (Å²) in [5.74, 6) is -3.18. The standard InChI is InChI=1S/C24H22F2N4O4S/c25-17-9-16(10-18(26)12-17)22(14-23(31)32)15-3-1-5-20(11-15)30-35(33,34)21-6-2-4-19(13-21)29-24-27-7-8-28-24/h1-6,9-13,22,30H,7-8,14H2,(H,31,32)(H2,27,28,29). The van der Waals surface area contributed by atoms with Crippen molar-refractivity contribution < 1.29 is 27.1 Å². The molecule has 1 aliphatic heterocycles. The van der Waals surface area contributed by atoms with Crippen LogP contribution in [0, 0.1) is 11.6 Å². The first-order chi connectivity index (χ1) is 16.7. The van der Waals surface area contributed by atoms with Crippen molar-refractivity contribution in [2.24, 2.45) is 4.99 Å². The topological polar surface area (TPSA) is 120 Å². The average molecular weight is 501 g/mol. The molecule has 3 aromatic rings. The summed E-state index contributed by atoms with van der Waals surface area (Å²) in [6.45, 7) is 1.33. The van der Waals surface area contributed by atoms with E-state index in [1.54, 1.807) is 24.3 Å². The second kappa shape index (κ2) is 10.1. The number of benzene rings is 3. The predicted molar refractivity (Wildman–Crippen MR) is 128 cm³/mol. The number of hydrogen-bond acceptors (Lipinski definition) is 6. The number of aliphatic imine (C=N–C) groups is 1. The van der Waals surface area contributed by atoms with Gasteiger partial charge in [-0.25, -0.2) is 17.2 Å². The number of anilines is 2. The monoisotopic (exact) mass is 500 g/mol. The second-order valence-electron chi connectivity index (χ2n) is 7.89. The molecule has 0 aliphatic carbocycles. The molecule has 182 valence electrons. The van der Waals surface area contributed by atoms with Crippen LogP contribution in [0.2, 0.25) is 0 Å². The summed E-state index contributed by atoms with van der Waals surface area (Å²) in [6.07, 6.45) is -0.440. The lowest BCUT2D eigenvalue weighted by molar-refractivity contribution is -0.137. The zero-order chi connectivity index (χ0) is 25.0. The Morgan fingerprint density at radius 2 is 1.71 bits per heavy atom. The van der Waals surface area contributed by atoms with E-state index in [4.69, 9.17) is 0 Å². The number of carboxylic acid groups (broad SMARTS) is 1. The summed E-state index contributed by atoms with van der Waals surface area (Å²) in [6, 6.07) is 15.1. The normalized spacial score (nSPS) is 14.1. The van der Waals surface area contributed by atoms with Crippen LogP contribution >= 0.6 is 0 Å². The summed E-state index contributed by atoms with van der Waals surface area (Å²) >= 11 is 0. The van der Waals surface area contributed by atoms with Gasteiger partial charge in [0.05, 0.1) is 17.9 Å². The summed E-state index contributed by atoms with van der Waals surface area (Å²) in [5.41, 5.74) is 1.23. The van der Waals surface area contributed by atoms with E-state index in [9.17, 15) is 27.1 Å². The second-order valence-corrected chi connectivity index (χ2v) is 9.58. The van der Waals surface area contributed by atoms with Crippen molar-refractivity contribution in [2.75, 3.05) is 23.1 Å². The van der Waals surface area contributed by atoms with E-state index >= 15 is 0 Å². The molecule has 0 aromatic heterocycles. The molecular weight excluding hydrogens is 478 g/mol. The van der Waals surface area contributed by atoms with Crippen LogP contribution in [0.3, 0.4) is 0 Å². The number of aliphatic carboxylic acids is 1. The highest BCUT2D eigenvalue weighted by molar-refractivity contribution is 7.92. The van der Waals surface area contributed by atoms with Crippen LogP contribution in [0.25, 0.3) is 0 Å². The molecule has 0 fully saturated rings. The molecule has 0 bridgehead atoms. The first-order valence-electron chi connectivity index (χ1n) is 10.7. The number of nitrogens with zero attached hydrogens (tertiary/aromatic N) is 1. The Bertz CT molecular complexity index is 1380. The molecule has 1 heterocycles. The van der Waals surface area contributed by atoms with Crippen LogP contribution in [0.15, 0.2) is 76.6 Å². The van der Waals surface area contributed by atoms with Gasteiger partial charge in [0.1, 0.15) is 11.6 Å². The van der Waals surface area contributed by atoms with Gasteiger partial charge in [0, 0.05) is 29.9 Å². The smallest absolute Gasteiger partial charge is 0.304 e. The Morgan fingerprint density at radius 1 is 1.00 bits per heavy atom. The van der Waals surface area contributed by atoms with Gasteiger partial charge in [0.25, 0.3) is 10.0 Å². The van der Waals surface area contributed by atoms with Gasteiger partial charge in [-0.3, -0.25) is 14.5 Å². The van der Waals surface area contributed by atoms with Crippen molar-refractivity contribution in [3.8, 4) is 0 Å². The van der Waals surface area contributed by atoms with Crippen LogP contribution in [0.4, 0.5) is 20.2 Å². The Morgan fingerprint density at radius 3 is 2.40 bits per heavy atom. The predicted octanol–water partition coefficient (Wildman–Crippen LogP) is 3.74. The number of nitrogens with one attached hydrogen (secondary N) is 3. The minimum atomic E-state index is -4.00. The highest BCUT2D eigenvalue weighted by Gasteiger charge is 2.21. The highest BCUT2D eigenvalue weighted by Crippen LogP contribution is 2.31. The lowest BCUT2D eigenvalue weighted by Crippen LogP contribution is -2.26. The first kappa shape index (κ1) is 24.1. The summed E-state index contributed by atoms with van der Waals surface area (Å²) in [4.78, 5) is 15.7. The molecule has 0 spiro atoms. The molecule has 1 atom stereocenters. The lowest BCUT2D eigenvalue weighted by atomic mass is 9.88. The highest BCUT2D eigenvalue weighted by atomic mass is 32.2. The van der Waals surface area contributed by atoms with Crippen LogP contribution < -0.4 is 15.4 Å². The molecule has 4 N–H and O–H groups in total. The Balaban J connectivity index is 1.60. The number of guanidine groups is 1. The fraction of sp³-hybridized carbons (Fsp3) is 0.167. The fourth-order valence-electron chi connectivity index (χ4n) is 3.77. The van der Waals surface area contributed by atoms with E-state index in [2.05, 4.69) is 20.3 Å². The first-order valence-corrected chi connectivity index (χ1v) is 12.1. The van der Waals surface area contributed by atoms with Crippen molar-refractivity contribution in [1.29, 1.82) is 0 Å². The van der Waals surface area contributed by atoms with E-state index < -0.39 is 40.0 Å². The summed E-state index contributed by atoms with van der Waals surface area (Å²) in [7, 11) is -4.00. The zero-order valence-electron chi connectivity index (χ0n) is 18.3. The molecule has 3 aromatic carbocycles. The van der Waals surface area contributed by atoms with Gasteiger partial charge in [-0.05, 0) is 53.6 Å². The number of carbonyl (C=O) groups is 1. The van der Waals surface area contributed by atoms with Crippen LogP contribution in [0.1, 0.15) is 23.5 Å². The van der Waals surface area contributed by atoms with Gasteiger partial charge in [0.15, 0.2) is 5.96 Å². The summed E-state index contributed by atoms with van der Waals surface area (Å²) < 4.78 is 56.1. The Labute approximate surface area is 200 Å². The number of carboxylic acids is 1. The maximum Gasteiger partial charge on any atom is 0.304 e. The summed E-state index contributed by atoms with van der Waals surface area (Å²) in [5, 5.41) is 15.4. The van der Waals surface area contributed by atoms with Gasteiger partial charge in [0.2, 0.25) is 0 Å². The van der Waals surface area contributed by atoms with E-state index in [0.717, 1.165) is 12.1 Å². The molecule has 11 heteroatoms. The molecule has 35 heavy (non-hydrogen) atoms. The Kier molecular flexibility index (Phi) is 6.97. The molecule has 0 radical (unpaired) electrons. The molecule has 0 saturated carbocycles. The lowest BCUT2D eigenvalue weighted by Gasteiger charge is -2.18. The molecule has 0 amide bonds. The van der Waals surface area contributed by atoms with Crippen molar-refractivity contribution in [2.45, 2.75) is 17.2 Å². The number of rotatable bonds is 8. The third-order valence-corrected chi connectivity index (χ3v) is 6.67. The average Bonchev–Trinajstić information content (AvgIpc) is 3.30. The van der Waals surface area contributed by atoms with Gasteiger partial charge in [-0.2, -0.15) is 0 Å². The van der Waals surface area contributed by atoms with Gasteiger partial charge in [-0.1, -0.05) is 18.2 Å². The quantitative estimate of drug-likeness (QED) is 0.374. The Hall–Kier alpha value is -3.99. The van der Waals surface area contributed by atoms with Crippen molar-refractivity contribution in [1.82, 2.24) is 5.32 Å². The SMILES string of the molecule is O=C(O)CC(c1cc(F)cc(F)c1)c1cccc(NS(=O)(=O)c2cccc(NC3=NCCN3)c2)c1. The van der Waals surface area contributed by atoms with Crippen molar-refractivity contribution in [3.63, 3.8) is 0 Å². The molecule has 0 saturated heterocycles. The fourth-order valence-corrected chi connectivity index (χ4v) is 4.87. The number of hydrogen-bond donors (Lipinski definition) is 4. The van der Waals surface area contributed by atoms with Gasteiger partial charge >= 0.3 is 5.97 Å². The maximum absolute atomic E-state index is 13.8. The van der Waals surface area contributed by atoms with Crippen molar-refractivity contribution in [3.05, 3.63) is 89.5 Å². The molecule has 4 rings (SSSR count). The maximum atomic E-state index is 13.8. The number of halogens is 2. The van der Waals surface area contributed by atoms with E-state index in [1.165, 1.54) is 24.3 Å². The van der Waals surface area contributed by atoms with E-state index in [-0.39, 0.29) is 16.1 Å². The molecule has 1 unspecified atom stereocenters.